The maximum absolute atomic E-state index is 12.9. The van der Waals surface area contributed by atoms with Gasteiger partial charge >= 0.3 is 0 Å². The summed E-state index contributed by atoms with van der Waals surface area (Å²) in [5, 5.41) is 5.15. The van der Waals surface area contributed by atoms with Crippen LogP contribution in [-0.2, 0) is 11.3 Å². The second-order valence-electron chi connectivity index (χ2n) is 7.26. The molecule has 0 saturated carbocycles. The molecule has 31 heavy (non-hydrogen) atoms. The fourth-order valence-electron chi connectivity index (χ4n) is 3.86. The van der Waals surface area contributed by atoms with Crippen molar-refractivity contribution in [3.63, 3.8) is 0 Å². The number of hydrogen-bond donors (Lipinski definition) is 1. The van der Waals surface area contributed by atoms with Crippen LogP contribution < -0.4 is 14.8 Å². The minimum Gasteiger partial charge on any atom is -0.493 e. The normalized spacial score (nSPS) is 12.1. The van der Waals surface area contributed by atoms with E-state index in [0.29, 0.717) is 11.5 Å². The summed E-state index contributed by atoms with van der Waals surface area (Å²) in [6.07, 6.45) is 0. The van der Waals surface area contributed by atoms with Crippen LogP contribution in [0.15, 0.2) is 65.6 Å². The molecule has 3 aromatic carbocycles. The fourth-order valence-corrected chi connectivity index (χ4v) is 4.76. The summed E-state index contributed by atoms with van der Waals surface area (Å²) in [5.74, 6) is 1.28. The number of anilines is 1. The molecule has 0 saturated heterocycles. The standard InChI is InChI=1S/C25H26N2O3S/c1-5-27-21-9-7-6-8-19(21)20-14-17(10-12-22(20)27)26-25(28)16(2)31-18-11-13-23(29-3)24(15-18)30-4/h6-16H,5H2,1-4H3,(H,26,28)/t16-/m0/s1. The molecule has 160 valence electrons. The van der Waals surface area contributed by atoms with Crippen LogP contribution in [0.5, 0.6) is 11.5 Å². The Balaban J connectivity index is 1.55. The zero-order valence-electron chi connectivity index (χ0n) is 18.1. The highest BCUT2D eigenvalue weighted by Crippen LogP contribution is 2.34. The Bertz CT molecular complexity index is 1250. The molecule has 0 bridgehead atoms. The first-order valence-electron chi connectivity index (χ1n) is 10.3. The first kappa shape index (κ1) is 21.1. The predicted octanol–water partition coefficient (Wildman–Crippen LogP) is 5.95. The predicted molar refractivity (Wildman–Crippen MR) is 129 cm³/mol. The molecule has 4 rings (SSSR count). The van der Waals surface area contributed by atoms with Gasteiger partial charge in [0.1, 0.15) is 0 Å². The molecule has 0 radical (unpaired) electrons. The Hall–Kier alpha value is -3.12. The van der Waals surface area contributed by atoms with E-state index in [1.165, 1.54) is 28.2 Å². The van der Waals surface area contributed by atoms with Crippen LogP contribution in [0.25, 0.3) is 21.8 Å². The molecular formula is C25H26N2O3S. The van der Waals surface area contributed by atoms with Gasteiger partial charge in [0.2, 0.25) is 5.91 Å². The maximum Gasteiger partial charge on any atom is 0.237 e. The first-order chi connectivity index (χ1) is 15.0. The van der Waals surface area contributed by atoms with Crippen molar-refractivity contribution in [1.29, 1.82) is 0 Å². The van der Waals surface area contributed by atoms with Crippen LogP contribution in [0, 0.1) is 0 Å². The van der Waals surface area contributed by atoms with E-state index in [1.54, 1.807) is 14.2 Å². The molecule has 1 heterocycles. The largest absolute Gasteiger partial charge is 0.493 e. The van der Waals surface area contributed by atoms with Crippen LogP contribution in [0.3, 0.4) is 0 Å². The first-order valence-corrected chi connectivity index (χ1v) is 11.1. The van der Waals surface area contributed by atoms with Gasteiger partial charge < -0.3 is 19.4 Å². The molecule has 0 unspecified atom stereocenters. The zero-order chi connectivity index (χ0) is 22.0. The quantitative estimate of drug-likeness (QED) is 0.365. The summed E-state index contributed by atoms with van der Waals surface area (Å²) in [6, 6.07) is 20.2. The molecule has 0 aliphatic carbocycles. The summed E-state index contributed by atoms with van der Waals surface area (Å²) in [5.41, 5.74) is 3.19. The summed E-state index contributed by atoms with van der Waals surface area (Å²) in [4.78, 5) is 13.8. The number of methoxy groups -OCH3 is 2. The number of carbonyl (C=O) groups excluding carboxylic acids is 1. The number of nitrogens with one attached hydrogen (secondary N) is 1. The van der Waals surface area contributed by atoms with Crippen molar-refractivity contribution in [2.45, 2.75) is 30.5 Å². The number of rotatable bonds is 7. The van der Waals surface area contributed by atoms with Gasteiger partial charge in [0, 0.05) is 38.9 Å². The average Bonchev–Trinajstić information content (AvgIpc) is 3.11. The molecule has 0 spiro atoms. The number of carbonyl (C=O) groups is 1. The van der Waals surface area contributed by atoms with Gasteiger partial charge in [-0.05, 0) is 56.3 Å². The lowest BCUT2D eigenvalue weighted by Crippen LogP contribution is -2.22. The van der Waals surface area contributed by atoms with Crippen molar-refractivity contribution in [2.24, 2.45) is 0 Å². The van der Waals surface area contributed by atoms with Crippen molar-refractivity contribution in [3.8, 4) is 11.5 Å². The van der Waals surface area contributed by atoms with Crippen LogP contribution in [0.4, 0.5) is 5.69 Å². The van der Waals surface area contributed by atoms with Gasteiger partial charge in [-0.3, -0.25) is 4.79 Å². The molecule has 1 atom stereocenters. The van der Waals surface area contributed by atoms with Gasteiger partial charge in [-0.15, -0.1) is 11.8 Å². The van der Waals surface area contributed by atoms with Crippen molar-refractivity contribution in [2.75, 3.05) is 19.5 Å². The average molecular weight is 435 g/mol. The summed E-state index contributed by atoms with van der Waals surface area (Å²) in [7, 11) is 3.21. The second kappa shape index (κ2) is 8.94. The van der Waals surface area contributed by atoms with Gasteiger partial charge in [0.15, 0.2) is 11.5 Å². The van der Waals surface area contributed by atoms with Gasteiger partial charge in [0.25, 0.3) is 0 Å². The maximum atomic E-state index is 12.9. The smallest absolute Gasteiger partial charge is 0.237 e. The molecule has 1 aromatic heterocycles. The molecule has 6 heteroatoms. The summed E-state index contributed by atoms with van der Waals surface area (Å²) < 4.78 is 12.9. The lowest BCUT2D eigenvalue weighted by molar-refractivity contribution is -0.115. The highest BCUT2D eigenvalue weighted by atomic mass is 32.2. The number of ether oxygens (including phenoxy) is 2. The van der Waals surface area contributed by atoms with Gasteiger partial charge in [-0.25, -0.2) is 0 Å². The van der Waals surface area contributed by atoms with E-state index in [0.717, 1.165) is 22.5 Å². The number of thioether (sulfide) groups is 1. The Labute approximate surface area is 186 Å². The van der Waals surface area contributed by atoms with Crippen LogP contribution in [0.2, 0.25) is 0 Å². The second-order valence-corrected chi connectivity index (χ2v) is 8.67. The number of hydrogen-bond acceptors (Lipinski definition) is 4. The number of nitrogens with zero attached hydrogens (tertiary/aromatic N) is 1. The van der Waals surface area contributed by atoms with E-state index in [2.05, 4.69) is 53.2 Å². The molecule has 5 nitrogen and oxygen atoms in total. The third-order valence-electron chi connectivity index (χ3n) is 5.39. The van der Waals surface area contributed by atoms with E-state index < -0.39 is 0 Å². The number of fused-ring (bicyclic) bond motifs is 3. The molecule has 0 fully saturated rings. The third-order valence-corrected chi connectivity index (χ3v) is 6.49. The molecule has 0 aliphatic heterocycles. The number of benzene rings is 3. The SMILES string of the molecule is CCn1c2ccccc2c2cc(NC(=O)[C@H](C)Sc3ccc(OC)c(OC)c3)ccc21. The number of amides is 1. The fraction of sp³-hybridized carbons (Fsp3) is 0.240. The molecule has 4 aromatic rings. The summed E-state index contributed by atoms with van der Waals surface area (Å²) >= 11 is 1.48. The van der Waals surface area contributed by atoms with Crippen molar-refractivity contribution < 1.29 is 14.3 Å². The highest BCUT2D eigenvalue weighted by Gasteiger charge is 2.17. The topological polar surface area (TPSA) is 52.5 Å². The minimum absolute atomic E-state index is 0.0432. The van der Waals surface area contributed by atoms with Crippen molar-refractivity contribution >= 4 is 45.2 Å². The number of para-hydroxylation sites is 1. The Morgan fingerprint density at radius 2 is 1.71 bits per heavy atom. The van der Waals surface area contributed by atoms with E-state index in [1.807, 2.05) is 31.2 Å². The Kier molecular flexibility index (Phi) is 6.09. The molecule has 0 aliphatic rings. The van der Waals surface area contributed by atoms with Gasteiger partial charge in [-0.2, -0.15) is 0 Å². The Morgan fingerprint density at radius 1 is 0.968 bits per heavy atom. The van der Waals surface area contributed by atoms with E-state index >= 15 is 0 Å². The van der Waals surface area contributed by atoms with Crippen molar-refractivity contribution in [3.05, 3.63) is 60.7 Å². The van der Waals surface area contributed by atoms with Crippen LogP contribution in [-0.4, -0.2) is 29.9 Å². The third kappa shape index (κ3) is 4.08. The Morgan fingerprint density at radius 3 is 2.45 bits per heavy atom. The molecule has 1 amide bonds. The molecule has 1 N–H and O–H groups in total. The van der Waals surface area contributed by atoms with Gasteiger partial charge in [-0.1, -0.05) is 18.2 Å². The monoisotopic (exact) mass is 434 g/mol. The zero-order valence-corrected chi connectivity index (χ0v) is 19.0. The lowest BCUT2D eigenvalue weighted by Gasteiger charge is -2.14. The van der Waals surface area contributed by atoms with Crippen molar-refractivity contribution in [1.82, 2.24) is 4.57 Å². The highest BCUT2D eigenvalue weighted by molar-refractivity contribution is 8.00. The number of aryl methyl sites for hydroxylation is 1. The number of aromatic nitrogens is 1. The van der Waals surface area contributed by atoms with Crippen LogP contribution in [0.1, 0.15) is 13.8 Å². The molecular weight excluding hydrogens is 408 g/mol. The summed E-state index contributed by atoms with van der Waals surface area (Å²) in [6.45, 7) is 4.95. The lowest BCUT2D eigenvalue weighted by atomic mass is 10.1. The van der Waals surface area contributed by atoms with E-state index in [4.69, 9.17) is 9.47 Å². The van der Waals surface area contributed by atoms with E-state index in [-0.39, 0.29) is 11.2 Å². The van der Waals surface area contributed by atoms with Gasteiger partial charge in [0.05, 0.1) is 19.5 Å². The van der Waals surface area contributed by atoms with E-state index in [9.17, 15) is 4.79 Å². The van der Waals surface area contributed by atoms with Crippen LogP contribution >= 0.6 is 11.8 Å². The minimum atomic E-state index is -0.272.